The van der Waals surface area contributed by atoms with Crippen molar-refractivity contribution in [1.82, 2.24) is 0 Å². The van der Waals surface area contributed by atoms with Crippen molar-refractivity contribution in [2.24, 2.45) is 0 Å². The van der Waals surface area contributed by atoms with Crippen LogP contribution in [-0.2, 0) is 6.54 Å². The van der Waals surface area contributed by atoms with Crippen LogP contribution in [0.4, 0.5) is 5.69 Å². The van der Waals surface area contributed by atoms with Gasteiger partial charge in [0.2, 0.25) is 0 Å². The molecule has 0 unspecified atom stereocenters. The van der Waals surface area contributed by atoms with Crippen LogP contribution in [0.5, 0.6) is 5.75 Å². The molecule has 7 heteroatoms. The summed E-state index contributed by atoms with van der Waals surface area (Å²) in [5, 5.41) is 4.36. The molecule has 112 valence electrons. The Balaban J connectivity index is 2.29. The third-order valence-electron chi connectivity index (χ3n) is 2.75. The zero-order valence-corrected chi connectivity index (χ0v) is 17.1. The van der Waals surface area contributed by atoms with Gasteiger partial charge in [0.05, 0.1) is 27.3 Å². The first-order chi connectivity index (χ1) is 9.92. The van der Waals surface area contributed by atoms with E-state index >= 15 is 0 Å². The van der Waals surface area contributed by atoms with Gasteiger partial charge in [0.25, 0.3) is 0 Å². The Morgan fingerprint density at radius 3 is 2.14 bits per heavy atom. The van der Waals surface area contributed by atoms with Crippen LogP contribution in [0.2, 0.25) is 10.0 Å². The molecule has 0 bridgehead atoms. The van der Waals surface area contributed by atoms with Gasteiger partial charge in [-0.25, -0.2) is 0 Å². The van der Waals surface area contributed by atoms with E-state index in [4.69, 9.17) is 27.9 Å². The van der Waals surface area contributed by atoms with Crippen LogP contribution in [0, 0.1) is 0 Å². The first kappa shape index (κ1) is 17.4. The fourth-order valence-electron chi connectivity index (χ4n) is 1.87. The van der Waals surface area contributed by atoms with Crippen LogP contribution < -0.4 is 10.1 Å². The molecule has 0 aliphatic heterocycles. The van der Waals surface area contributed by atoms with Crippen molar-refractivity contribution >= 4 is 76.7 Å². The lowest BCUT2D eigenvalue weighted by atomic mass is 10.2. The molecular formula is C14H10Br3Cl2NO. The van der Waals surface area contributed by atoms with Crippen molar-refractivity contribution in [3.8, 4) is 5.75 Å². The van der Waals surface area contributed by atoms with Gasteiger partial charge in [0.1, 0.15) is 5.75 Å². The maximum Gasteiger partial charge on any atom is 0.138 e. The zero-order valence-electron chi connectivity index (χ0n) is 10.8. The highest BCUT2D eigenvalue weighted by Gasteiger charge is 2.12. The lowest BCUT2D eigenvalue weighted by Gasteiger charge is -2.15. The summed E-state index contributed by atoms with van der Waals surface area (Å²) in [5.41, 5.74) is 1.67. The topological polar surface area (TPSA) is 21.3 Å². The Morgan fingerprint density at radius 2 is 1.57 bits per heavy atom. The van der Waals surface area contributed by atoms with Crippen LogP contribution in [0.25, 0.3) is 0 Å². The highest BCUT2D eigenvalue weighted by atomic mass is 79.9. The van der Waals surface area contributed by atoms with Gasteiger partial charge in [-0.2, -0.15) is 0 Å². The molecule has 0 aliphatic rings. The summed E-state index contributed by atoms with van der Waals surface area (Å²) in [6.07, 6.45) is 0. The molecule has 0 radical (unpaired) electrons. The minimum atomic E-state index is 0.530. The summed E-state index contributed by atoms with van der Waals surface area (Å²) in [6.45, 7) is 0.530. The SMILES string of the molecule is COc1c(Br)cc(Br)cc1CNc1c(Cl)cc(Br)cc1Cl. The first-order valence-electron chi connectivity index (χ1n) is 5.82. The standard InChI is InChI=1S/C14H10Br3Cl2NO/c1-21-14-7(2-8(15)3-10(14)17)6-20-13-11(18)4-9(16)5-12(13)19/h2-5,20H,6H2,1H3. The molecule has 0 aliphatic carbocycles. The number of ether oxygens (including phenoxy) is 1. The molecule has 2 rings (SSSR count). The van der Waals surface area contributed by atoms with E-state index in [2.05, 4.69) is 53.1 Å². The van der Waals surface area contributed by atoms with Gasteiger partial charge in [-0.15, -0.1) is 0 Å². The molecule has 2 aromatic carbocycles. The fourth-order valence-corrected chi connectivity index (χ4v) is 4.69. The molecule has 0 heterocycles. The van der Waals surface area contributed by atoms with Gasteiger partial charge < -0.3 is 10.1 Å². The van der Waals surface area contributed by atoms with Crippen LogP contribution in [0.3, 0.4) is 0 Å². The zero-order chi connectivity index (χ0) is 15.6. The largest absolute Gasteiger partial charge is 0.495 e. The summed E-state index contributed by atoms with van der Waals surface area (Å²) in [5.74, 6) is 0.773. The summed E-state index contributed by atoms with van der Waals surface area (Å²) in [7, 11) is 1.64. The van der Waals surface area contributed by atoms with Crippen LogP contribution in [-0.4, -0.2) is 7.11 Å². The van der Waals surface area contributed by atoms with E-state index in [0.717, 1.165) is 24.7 Å². The predicted octanol–water partition coefficient (Wildman–Crippen LogP) is 6.90. The van der Waals surface area contributed by atoms with E-state index < -0.39 is 0 Å². The number of methoxy groups -OCH3 is 1. The average molecular weight is 519 g/mol. The lowest BCUT2D eigenvalue weighted by molar-refractivity contribution is 0.407. The van der Waals surface area contributed by atoms with Gasteiger partial charge in [-0.05, 0) is 40.2 Å². The van der Waals surface area contributed by atoms with Crippen molar-refractivity contribution in [3.63, 3.8) is 0 Å². The molecule has 0 saturated carbocycles. The Bertz CT molecular complexity index is 657. The Kier molecular flexibility index (Phi) is 6.26. The molecule has 0 spiro atoms. The second-order valence-corrected chi connectivity index (χ2v) is 7.68. The first-order valence-corrected chi connectivity index (χ1v) is 8.96. The number of hydrogen-bond acceptors (Lipinski definition) is 2. The summed E-state index contributed by atoms with van der Waals surface area (Å²) in [6, 6.07) is 7.51. The maximum atomic E-state index is 6.21. The number of anilines is 1. The van der Waals surface area contributed by atoms with Gasteiger partial charge in [0.15, 0.2) is 0 Å². The highest BCUT2D eigenvalue weighted by Crippen LogP contribution is 2.36. The van der Waals surface area contributed by atoms with Gasteiger partial charge in [-0.1, -0.05) is 55.1 Å². The number of rotatable bonds is 4. The van der Waals surface area contributed by atoms with Crippen LogP contribution in [0.1, 0.15) is 5.56 Å². The van der Waals surface area contributed by atoms with E-state index in [1.165, 1.54) is 0 Å². The molecule has 0 atom stereocenters. The Labute approximate surface area is 158 Å². The quantitative estimate of drug-likeness (QED) is 0.475. The predicted molar refractivity (Wildman–Crippen MR) is 99.9 cm³/mol. The third-order valence-corrected chi connectivity index (χ3v) is 4.85. The summed E-state index contributed by atoms with van der Waals surface area (Å²) < 4.78 is 8.09. The molecule has 0 amide bonds. The van der Waals surface area contributed by atoms with Crippen molar-refractivity contribution < 1.29 is 4.74 Å². The smallest absolute Gasteiger partial charge is 0.138 e. The summed E-state index contributed by atoms with van der Waals surface area (Å²) >= 11 is 22.7. The minimum Gasteiger partial charge on any atom is -0.495 e. The molecule has 0 saturated heterocycles. The maximum absolute atomic E-state index is 6.21. The van der Waals surface area contributed by atoms with E-state index in [1.54, 1.807) is 19.2 Å². The van der Waals surface area contributed by atoms with Crippen LogP contribution >= 0.6 is 71.0 Å². The van der Waals surface area contributed by atoms with Crippen molar-refractivity contribution in [1.29, 1.82) is 0 Å². The lowest BCUT2D eigenvalue weighted by Crippen LogP contribution is -2.03. The second kappa shape index (κ2) is 7.55. The molecule has 2 nitrogen and oxygen atoms in total. The van der Waals surface area contributed by atoms with Crippen LogP contribution in [0.15, 0.2) is 37.7 Å². The molecule has 1 N–H and O–H groups in total. The number of benzene rings is 2. The molecule has 0 fully saturated rings. The number of halogens is 5. The van der Waals surface area contributed by atoms with Crippen molar-refractivity contribution in [2.75, 3.05) is 12.4 Å². The molecule has 0 aromatic heterocycles. The average Bonchev–Trinajstić information content (AvgIpc) is 2.36. The van der Waals surface area contributed by atoms with E-state index in [0.29, 0.717) is 22.3 Å². The second-order valence-electron chi connectivity index (χ2n) is 4.18. The van der Waals surface area contributed by atoms with Crippen molar-refractivity contribution in [2.45, 2.75) is 6.54 Å². The fraction of sp³-hybridized carbons (Fsp3) is 0.143. The molecule has 2 aromatic rings. The van der Waals surface area contributed by atoms with Gasteiger partial charge in [-0.3, -0.25) is 0 Å². The molecular weight excluding hydrogens is 509 g/mol. The number of hydrogen-bond donors (Lipinski definition) is 1. The number of nitrogens with one attached hydrogen (secondary N) is 1. The highest BCUT2D eigenvalue weighted by molar-refractivity contribution is 9.11. The summed E-state index contributed by atoms with van der Waals surface area (Å²) in [4.78, 5) is 0. The minimum absolute atomic E-state index is 0.530. The normalized spacial score (nSPS) is 10.6. The van der Waals surface area contributed by atoms with E-state index in [-0.39, 0.29) is 0 Å². The van der Waals surface area contributed by atoms with Crippen molar-refractivity contribution in [3.05, 3.63) is 53.3 Å². The van der Waals surface area contributed by atoms with Gasteiger partial charge >= 0.3 is 0 Å². The Morgan fingerprint density at radius 1 is 1.00 bits per heavy atom. The third kappa shape index (κ3) is 4.29. The van der Waals surface area contributed by atoms with E-state index in [1.807, 2.05) is 12.1 Å². The monoisotopic (exact) mass is 515 g/mol. The van der Waals surface area contributed by atoms with Gasteiger partial charge in [0, 0.05) is 21.1 Å². The molecule has 21 heavy (non-hydrogen) atoms. The van der Waals surface area contributed by atoms with E-state index in [9.17, 15) is 0 Å². The Hall–Kier alpha value is 0.0600.